The third-order valence-electron chi connectivity index (χ3n) is 35.3. The summed E-state index contributed by atoms with van der Waals surface area (Å²) in [7, 11) is 0. The Kier molecular flexibility index (Phi) is 24.8. The molecule has 0 bridgehead atoms. The third-order valence-corrected chi connectivity index (χ3v) is 35.3. The molecule has 0 fully saturated rings. The Labute approximate surface area is 855 Å². The summed E-state index contributed by atoms with van der Waals surface area (Å²) in [5.41, 5.74) is 48.6. The van der Waals surface area contributed by atoms with E-state index in [4.69, 9.17) is 0 Å². The van der Waals surface area contributed by atoms with Crippen LogP contribution in [-0.4, -0.2) is 0 Å². The number of fused-ring (bicyclic) bond motifs is 21. The van der Waals surface area contributed by atoms with Crippen LogP contribution in [0.1, 0.15) is 350 Å². The van der Waals surface area contributed by atoms with Gasteiger partial charge in [0, 0.05) is 32.6 Å². The molecule has 0 heterocycles. The van der Waals surface area contributed by atoms with Crippen LogP contribution in [0.5, 0.6) is 0 Å². The first kappa shape index (κ1) is 91.3. The van der Waals surface area contributed by atoms with E-state index in [1.54, 1.807) is 0 Å². The molecule has 0 nitrogen and oxygen atoms in total. The van der Waals surface area contributed by atoms with Crippen molar-refractivity contribution < 1.29 is 5.48 Å². The van der Waals surface area contributed by atoms with Gasteiger partial charge in [-0.15, -0.1) is 0 Å². The van der Waals surface area contributed by atoms with Crippen molar-refractivity contribution in [3.05, 3.63) is 345 Å². The molecule has 0 saturated heterocycles. The maximum Gasteiger partial charge on any atom is 0.0366 e. The van der Waals surface area contributed by atoms with Gasteiger partial charge >= 0.3 is 0 Å². The minimum atomic E-state index is -1.71. The molecular formula is C141H158. The zero-order chi connectivity index (χ0) is 102. The van der Waals surface area contributed by atoms with E-state index in [0.29, 0.717) is 59.2 Å². The van der Waals surface area contributed by atoms with E-state index in [9.17, 15) is 5.48 Å². The topological polar surface area (TPSA) is 0 Å². The number of hydrogen-bond donors (Lipinski definition) is 0. The Morgan fingerprint density at radius 1 is 0.156 bits per heavy atom. The summed E-state index contributed by atoms with van der Waals surface area (Å²) in [6, 6.07) is 105. The summed E-state index contributed by atoms with van der Waals surface area (Å²) in [6.45, 7) is 48.0. The van der Waals surface area contributed by atoms with E-state index in [1.807, 2.05) is 0 Å². The summed E-state index contributed by atoms with van der Waals surface area (Å²) in [4.78, 5) is 0. The van der Waals surface area contributed by atoms with Crippen LogP contribution in [0.3, 0.4) is 0 Å². The second-order valence-corrected chi connectivity index (χ2v) is 49.2. The van der Waals surface area contributed by atoms with Crippen LogP contribution >= 0.6 is 0 Å². The highest BCUT2D eigenvalue weighted by atomic mass is 14.5. The molecule has 0 aromatic heterocycles. The first-order valence-electron chi connectivity index (χ1n) is 57.4. The van der Waals surface area contributed by atoms with Crippen molar-refractivity contribution in [2.75, 3.05) is 0 Å². The van der Waals surface area contributed by atoms with Gasteiger partial charge in [-0.25, -0.2) is 0 Å². The Bertz CT molecular complexity index is 6840. The van der Waals surface area contributed by atoms with E-state index in [2.05, 4.69) is 405 Å². The van der Waals surface area contributed by atoms with Crippen LogP contribution in [-0.2, 0) is 39.8 Å². The van der Waals surface area contributed by atoms with Crippen molar-refractivity contribution in [1.82, 2.24) is 0 Å². The molecule has 7 aliphatic carbocycles. The highest BCUT2D eigenvalue weighted by molar-refractivity contribution is 5.95. The lowest BCUT2D eigenvalue weighted by Crippen LogP contribution is -2.27. The average Bonchev–Trinajstić information content (AvgIpc) is 1.57. The fraction of sp³-hybridized carbons (Fsp3) is 0.404. The monoisotopic (exact) mass is 1860 g/mol. The number of benzene rings is 14. The van der Waals surface area contributed by atoms with Crippen LogP contribution in [0.2, 0.25) is 0 Å². The number of rotatable bonds is 36. The molecule has 7 aliphatic rings. The quantitative estimate of drug-likeness (QED) is 0.0367. The van der Waals surface area contributed by atoms with E-state index in [0.717, 1.165) is 206 Å². The molecule has 0 saturated carbocycles. The second kappa shape index (κ2) is 38.3. The van der Waals surface area contributed by atoms with Crippen molar-refractivity contribution in [2.24, 2.45) is 59.2 Å². The molecule has 0 heteroatoms. The molecule has 21 rings (SSSR count). The lowest BCUT2D eigenvalue weighted by atomic mass is 9.68. The fourth-order valence-electron chi connectivity index (χ4n) is 27.0. The van der Waals surface area contributed by atoms with Gasteiger partial charge in [0.1, 0.15) is 0 Å². The maximum absolute atomic E-state index is 10.3. The number of hydrogen-bond acceptors (Lipinski definition) is 0. The summed E-state index contributed by atoms with van der Waals surface area (Å²) in [5.74, 6) is 5.53. The molecule has 0 radical (unpaired) electrons. The van der Waals surface area contributed by atoms with Crippen molar-refractivity contribution in [3.8, 4) is 145 Å². The largest absolute Gasteiger partial charge is 0.0628 e. The van der Waals surface area contributed by atoms with Crippen molar-refractivity contribution >= 4 is 0 Å². The lowest BCUT2D eigenvalue weighted by molar-refractivity contribution is 0.364. The molecule has 141 heavy (non-hydrogen) atoms. The van der Waals surface area contributed by atoms with Crippen LogP contribution < -0.4 is 0 Å². The Morgan fingerprint density at radius 2 is 0.284 bits per heavy atom. The van der Waals surface area contributed by atoms with E-state index in [1.165, 1.54) is 145 Å². The average molecular weight is 1860 g/mol. The first-order valence-corrected chi connectivity index (χ1v) is 55.4. The van der Waals surface area contributed by atoms with Gasteiger partial charge in [0.2, 0.25) is 0 Å². The summed E-state index contributed by atoms with van der Waals surface area (Å²) in [5, 5.41) is 0. The van der Waals surface area contributed by atoms with E-state index >= 15 is 0 Å². The summed E-state index contributed by atoms with van der Waals surface area (Å²) < 4.78 is 41.0. The molecule has 0 spiro atoms. The first-order chi connectivity index (χ1) is 69.4. The van der Waals surface area contributed by atoms with Gasteiger partial charge in [-0.2, -0.15) is 0 Å². The zero-order valence-corrected chi connectivity index (χ0v) is 88.8. The Balaban J connectivity index is 0.600. The van der Waals surface area contributed by atoms with Crippen LogP contribution in [0, 0.1) is 59.2 Å². The minimum Gasteiger partial charge on any atom is -0.0628 e. The van der Waals surface area contributed by atoms with E-state index in [-0.39, 0.29) is 27.1 Å². The van der Waals surface area contributed by atoms with Gasteiger partial charge in [-0.05, 0) is 471 Å². The lowest BCUT2D eigenvalue weighted by Gasteiger charge is -2.35. The highest BCUT2D eigenvalue weighted by Gasteiger charge is 2.50. The molecule has 0 aliphatic heterocycles. The SMILES string of the molecule is [2H]C1([2H])c2cc(-c3ccc4c(c3)C(CCC(C)C)(CCC(C)C)c3ccccc3-4)ccc2-c2ccc(-c3ccc4c(c3)C(CCC(C)C)(CCC(C)C)c3cc(-c5ccc6c(c5)C(CCC(C)C)(CCC(C)C)c5cc(-c7ccc8c(c7)C(CCC(C)C)(CCC(C)C)c7cc(-c9ccc%10c(c9)C([2H])([2H])c9cc(-c%11ccc%12c(c%11)C(CCC(C)C)(CCC(C)C)c%11ccccc%11-%12)ccc9-%10)ccc7-8)ccc5-6)ccc3-4)cc21. The summed E-state index contributed by atoms with van der Waals surface area (Å²) >= 11 is 0. The van der Waals surface area contributed by atoms with Gasteiger partial charge in [0.15, 0.2) is 0 Å². The minimum absolute atomic E-state index is 0.0655. The molecule has 0 N–H and O–H groups in total. The molecule has 14 aromatic rings. The molecule has 0 amide bonds. The van der Waals surface area contributed by atoms with Crippen LogP contribution in [0.4, 0.5) is 0 Å². The normalized spacial score (nSPS) is 16.5. The smallest absolute Gasteiger partial charge is 0.0366 e. The zero-order valence-electron chi connectivity index (χ0n) is 92.8. The van der Waals surface area contributed by atoms with Gasteiger partial charge in [-0.1, -0.05) is 357 Å². The van der Waals surface area contributed by atoms with Crippen molar-refractivity contribution in [2.45, 2.75) is 307 Å². The second-order valence-electron chi connectivity index (χ2n) is 49.2. The molecule has 722 valence electrons. The van der Waals surface area contributed by atoms with Gasteiger partial charge in [0.05, 0.1) is 0 Å². The Hall–Kier alpha value is -10.9. The van der Waals surface area contributed by atoms with E-state index < -0.39 is 12.7 Å². The molecular weight excluding hydrogens is 1690 g/mol. The molecule has 0 atom stereocenters. The molecule has 0 unspecified atom stereocenters. The third kappa shape index (κ3) is 17.3. The highest BCUT2D eigenvalue weighted by Crippen LogP contribution is 2.64. The predicted molar refractivity (Wildman–Crippen MR) is 607 cm³/mol. The Morgan fingerprint density at radius 3 is 0.440 bits per heavy atom. The molecule has 14 aromatic carbocycles. The standard InChI is InChI=1S/C141H158/c1-87(2)53-63-137(64-54-88(3)4)127-27-23-21-25-117(127)119-45-33-101(79-129(119)137)97-29-41-113-109(73-97)77-111-75-99(31-43-115(111)113)103-35-47-121-123-49-37-105(83-133(123)139(131(121)81-103,67-57-91(9)10)68-58-92(11)12)107-39-51-125-126-52-40-108(86-136(126)141(135(125)85-107,71-61-95(17)18)72-62-96(19)20)106-38-50-124-122-48-36-104(82-132(122)140(134(124)84-106,69-59-93(13)14)70-60-94(15)16)100-32-44-116-112(76-100)78-110-74-98(30-42-114(110)116)102-34-46-120-118-26-22-24-28-128(118)138(130(120)80-102,65-55-89(5)6)66-56-90(7)8/h21-52,73-76,79-96H,53-72,77-78H2,1-20H3/i77D2,78D2. The van der Waals surface area contributed by atoms with Crippen molar-refractivity contribution in [3.63, 3.8) is 0 Å². The van der Waals surface area contributed by atoms with Gasteiger partial charge < -0.3 is 0 Å². The summed E-state index contributed by atoms with van der Waals surface area (Å²) in [6.07, 6.45) is 18.8. The van der Waals surface area contributed by atoms with Crippen LogP contribution in [0.15, 0.2) is 267 Å². The van der Waals surface area contributed by atoms with Crippen LogP contribution in [0.25, 0.3) is 145 Å². The maximum atomic E-state index is 10.3. The van der Waals surface area contributed by atoms with Crippen molar-refractivity contribution in [1.29, 1.82) is 0 Å². The van der Waals surface area contributed by atoms with Gasteiger partial charge in [0.25, 0.3) is 0 Å². The van der Waals surface area contributed by atoms with Gasteiger partial charge in [-0.3, -0.25) is 0 Å². The predicted octanol–water partition coefficient (Wildman–Crippen LogP) is 40.5. The fourth-order valence-corrected chi connectivity index (χ4v) is 27.0.